The smallest absolute Gasteiger partial charge is 0.159 e. The third-order valence-electron chi connectivity index (χ3n) is 3.91. The predicted molar refractivity (Wildman–Crippen MR) is 88.7 cm³/mol. The van der Waals surface area contributed by atoms with Gasteiger partial charge in [-0.25, -0.2) is 0 Å². The first-order valence-electron chi connectivity index (χ1n) is 7.67. The highest BCUT2D eigenvalue weighted by atomic mass is 32.1. The highest BCUT2D eigenvalue weighted by molar-refractivity contribution is 7.80. The van der Waals surface area contributed by atoms with Crippen LogP contribution in [0.25, 0.3) is 0 Å². The number of thiocarbonyl (C=S) groups is 1. The van der Waals surface area contributed by atoms with Crippen LogP contribution < -0.4 is 11.1 Å². The molecular formula is C15H24N4OS. The van der Waals surface area contributed by atoms with E-state index >= 15 is 0 Å². The minimum absolute atomic E-state index is 0.388. The Hall–Kier alpha value is -1.27. The molecule has 0 aromatic carbocycles. The molecule has 21 heavy (non-hydrogen) atoms. The van der Waals surface area contributed by atoms with E-state index in [2.05, 4.69) is 29.4 Å². The van der Waals surface area contributed by atoms with Crippen LogP contribution in [0.5, 0.6) is 0 Å². The summed E-state index contributed by atoms with van der Waals surface area (Å²) in [5, 5.41) is 12.0. The van der Waals surface area contributed by atoms with Crippen molar-refractivity contribution in [1.29, 1.82) is 0 Å². The molecule has 6 heteroatoms. The van der Waals surface area contributed by atoms with E-state index in [9.17, 15) is 0 Å². The van der Waals surface area contributed by atoms with Crippen molar-refractivity contribution in [2.45, 2.75) is 39.5 Å². The Labute approximate surface area is 131 Å². The highest BCUT2D eigenvalue weighted by Crippen LogP contribution is 2.22. The maximum Gasteiger partial charge on any atom is 0.159 e. The van der Waals surface area contributed by atoms with Crippen LogP contribution >= 0.6 is 12.2 Å². The average Bonchev–Trinajstić information content (AvgIpc) is 2.52. The van der Waals surface area contributed by atoms with Gasteiger partial charge >= 0.3 is 0 Å². The van der Waals surface area contributed by atoms with Crippen molar-refractivity contribution in [3.8, 4) is 0 Å². The number of rotatable bonds is 6. The highest BCUT2D eigenvalue weighted by Gasteiger charge is 2.19. The first-order valence-corrected chi connectivity index (χ1v) is 8.08. The van der Waals surface area contributed by atoms with Gasteiger partial charge in [0.15, 0.2) is 5.82 Å². The molecule has 1 aliphatic rings. The van der Waals surface area contributed by atoms with E-state index in [1.807, 2.05) is 0 Å². The number of nitrogens with two attached hydrogens (primary N) is 1. The van der Waals surface area contributed by atoms with Crippen LogP contribution in [-0.2, 0) is 17.6 Å². The van der Waals surface area contributed by atoms with Crippen LogP contribution in [0.4, 0.5) is 5.82 Å². The summed E-state index contributed by atoms with van der Waals surface area (Å²) in [6.45, 7) is 6.66. The zero-order valence-electron chi connectivity index (χ0n) is 12.8. The first kappa shape index (κ1) is 16.1. The van der Waals surface area contributed by atoms with Crippen molar-refractivity contribution in [2.24, 2.45) is 11.7 Å². The normalized spacial score (nSPS) is 18.5. The number of ether oxygens (including phenoxy) is 1. The summed E-state index contributed by atoms with van der Waals surface area (Å²) in [4.78, 5) is 0.388. The monoisotopic (exact) mass is 308 g/mol. The van der Waals surface area contributed by atoms with Crippen molar-refractivity contribution in [2.75, 3.05) is 25.1 Å². The molecule has 0 aliphatic carbocycles. The van der Waals surface area contributed by atoms with Crippen molar-refractivity contribution in [1.82, 2.24) is 10.2 Å². The van der Waals surface area contributed by atoms with E-state index in [4.69, 9.17) is 22.7 Å². The van der Waals surface area contributed by atoms with E-state index in [0.717, 1.165) is 55.8 Å². The molecule has 1 aromatic rings. The van der Waals surface area contributed by atoms with E-state index < -0.39 is 0 Å². The zero-order chi connectivity index (χ0) is 15.2. The van der Waals surface area contributed by atoms with Gasteiger partial charge in [-0.2, -0.15) is 5.10 Å². The molecule has 0 radical (unpaired) electrons. The lowest BCUT2D eigenvalue weighted by Gasteiger charge is -2.23. The molecule has 0 bridgehead atoms. The van der Waals surface area contributed by atoms with Crippen LogP contribution in [0.15, 0.2) is 0 Å². The summed E-state index contributed by atoms with van der Waals surface area (Å²) in [7, 11) is 0. The summed E-state index contributed by atoms with van der Waals surface area (Å²) in [5.41, 5.74) is 8.87. The van der Waals surface area contributed by atoms with E-state index in [1.54, 1.807) is 0 Å². The number of nitrogens with one attached hydrogen (secondary N) is 1. The third-order valence-corrected chi connectivity index (χ3v) is 4.11. The van der Waals surface area contributed by atoms with Crippen LogP contribution in [0.2, 0.25) is 0 Å². The molecule has 1 unspecified atom stereocenters. The molecule has 0 amide bonds. The quantitative estimate of drug-likeness (QED) is 0.784. The van der Waals surface area contributed by atoms with Gasteiger partial charge in [0.1, 0.15) is 4.99 Å². The average molecular weight is 308 g/mol. The second-order valence-electron chi connectivity index (χ2n) is 5.38. The summed E-state index contributed by atoms with van der Waals surface area (Å²) in [6.07, 6.45) is 3.99. The van der Waals surface area contributed by atoms with Gasteiger partial charge in [0, 0.05) is 13.2 Å². The fourth-order valence-electron chi connectivity index (χ4n) is 2.77. The van der Waals surface area contributed by atoms with Gasteiger partial charge in [-0.15, -0.1) is 5.10 Å². The molecular weight excluding hydrogens is 284 g/mol. The van der Waals surface area contributed by atoms with Gasteiger partial charge < -0.3 is 15.8 Å². The second-order valence-corrected chi connectivity index (χ2v) is 5.82. The standard InChI is InChI=1S/C15H24N4OS/c1-3-11-12(4-2)18-19-15(13(11)14(16)21)17-8-10-6-5-7-20-9-10/h10H,3-9H2,1-2H3,(H2,16,21)(H,17,19). The number of hydrogen-bond acceptors (Lipinski definition) is 5. The molecule has 1 fully saturated rings. The number of nitrogens with zero attached hydrogens (tertiary/aromatic N) is 2. The summed E-state index contributed by atoms with van der Waals surface area (Å²) >= 11 is 5.23. The molecule has 5 nitrogen and oxygen atoms in total. The van der Waals surface area contributed by atoms with Crippen LogP contribution in [0.1, 0.15) is 43.5 Å². The van der Waals surface area contributed by atoms with E-state index in [-0.39, 0.29) is 0 Å². The van der Waals surface area contributed by atoms with Crippen LogP contribution in [0.3, 0.4) is 0 Å². The Bertz CT molecular complexity index is 501. The van der Waals surface area contributed by atoms with E-state index in [1.165, 1.54) is 6.42 Å². The van der Waals surface area contributed by atoms with Gasteiger partial charge in [-0.05, 0) is 37.2 Å². The summed E-state index contributed by atoms with van der Waals surface area (Å²) in [6, 6.07) is 0. The Morgan fingerprint density at radius 3 is 2.76 bits per heavy atom. The van der Waals surface area contributed by atoms with Crippen LogP contribution in [-0.4, -0.2) is 34.9 Å². The molecule has 2 rings (SSSR count). The van der Waals surface area contributed by atoms with Gasteiger partial charge in [0.25, 0.3) is 0 Å². The maximum absolute atomic E-state index is 5.92. The summed E-state index contributed by atoms with van der Waals surface area (Å²) < 4.78 is 5.50. The third kappa shape index (κ3) is 3.89. The molecule has 1 aromatic heterocycles. The molecule has 3 N–H and O–H groups in total. The van der Waals surface area contributed by atoms with Gasteiger partial charge in [0.2, 0.25) is 0 Å². The Kier molecular flexibility index (Phi) is 5.87. The second kappa shape index (κ2) is 7.66. The van der Waals surface area contributed by atoms with Crippen LogP contribution in [0, 0.1) is 5.92 Å². The van der Waals surface area contributed by atoms with Crippen molar-refractivity contribution in [3.05, 3.63) is 16.8 Å². The lowest BCUT2D eigenvalue weighted by molar-refractivity contribution is 0.0594. The van der Waals surface area contributed by atoms with Crippen molar-refractivity contribution in [3.63, 3.8) is 0 Å². The fourth-order valence-corrected chi connectivity index (χ4v) is 2.99. The molecule has 1 atom stereocenters. The van der Waals surface area contributed by atoms with E-state index in [0.29, 0.717) is 16.7 Å². The van der Waals surface area contributed by atoms with Gasteiger partial charge in [0.05, 0.1) is 17.9 Å². The lowest BCUT2D eigenvalue weighted by Crippen LogP contribution is -2.26. The molecule has 0 spiro atoms. The lowest BCUT2D eigenvalue weighted by atomic mass is 10.0. The number of hydrogen-bond donors (Lipinski definition) is 2. The maximum atomic E-state index is 5.92. The predicted octanol–water partition coefficient (Wildman–Crippen LogP) is 2.07. The number of anilines is 1. The Balaban J connectivity index is 2.19. The Morgan fingerprint density at radius 2 is 2.19 bits per heavy atom. The molecule has 0 saturated carbocycles. The number of aromatic nitrogens is 2. The van der Waals surface area contributed by atoms with Gasteiger partial charge in [-0.1, -0.05) is 26.1 Å². The van der Waals surface area contributed by atoms with Crippen molar-refractivity contribution >= 4 is 23.0 Å². The Morgan fingerprint density at radius 1 is 1.38 bits per heavy atom. The molecule has 1 saturated heterocycles. The topological polar surface area (TPSA) is 73.1 Å². The minimum Gasteiger partial charge on any atom is -0.389 e. The largest absolute Gasteiger partial charge is 0.389 e. The molecule has 116 valence electrons. The first-order chi connectivity index (χ1) is 10.2. The number of aryl methyl sites for hydroxylation is 1. The molecule has 1 aliphatic heterocycles. The van der Waals surface area contributed by atoms with Gasteiger partial charge in [-0.3, -0.25) is 0 Å². The van der Waals surface area contributed by atoms with Crippen molar-refractivity contribution < 1.29 is 4.74 Å². The molecule has 2 heterocycles. The fraction of sp³-hybridized carbons (Fsp3) is 0.667. The zero-order valence-corrected chi connectivity index (χ0v) is 13.6. The SMILES string of the molecule is CCc1nnc(NCC2CCCOC2)c(C(N)=S)c1CC. The summed E-state index contributed by atoms with van der Waals surface area (Å²) in [5.74, 6) is 1.22. The minimum atomic E-state index is 0.388.